The number of hydrogen-bond acceptors (Lipinski definition) is 2. The fourth-order valence-corrected chi connectivity index (χ4v) is 4.16. The van der Waals surface area contributed by atoms with Gasteiger partial charge in [-0.3, -0.25) is 0 Å². The minimum Gasteiger partial charge on any atom is -0.320 e. The largest absolute Gasteiger partial charge is 0.320 e. The van der Waals surface area contributed by atoms with E-state index in [2.05, 4.69) is 51.8 Å². The Morgan fingerprint density at radius 1 is 1.17 bits per heavy atom. The highest BCUT2D eigenvalue weighted by atomic mass is 79.9. The van der Waals surface area contributed by atoms with Gasteiger partial charge in [0.15, 0.2) is 0 Å². The second-order valence-corrected chi connectivity index (χ2v) is 7.87. The summed E-state index contributed by atoms with van der Waals surface area (Å²) in [6.07, 6.45) is 0. The molecule has 0 radical (unpaired) electrons. The Labute approximate surface area is 133 Å². The minimum atomic E-state index is -0.190. The molecule has 96 valence electrons. The zero-order valence-corrected chi connectivity index (χ0v) is 14.7. The summed E-state index contributed by atoms with van der Waals surface area (Å²) < 4.78 is 2.07. The van der Waals surface area contributed by atoms with Gasteiger partial charge in [0.25, 0.3) is 0 Å². The molecule has 0 saturated carbocycles. The lowest BCUT2D eigenvalue weighted by molar-refractivity contribution is 0.890. The zero-order chi connectivity index (χ0) is 13.4. The molecule has 1 aromatic heterocycles. The van der Waals surface area contributed by atoms with E-state index in [1.165, 1.54) is 11.1 Å². The molecule has 1 atom stereocenters. The smallest absolute Gasteiger partial charge is 0.0843 e. The van der Waals surface area contributed by atoms with Crippen LogP contribution in [0.2, 0.25) is 5.02 Å². The molecule has 0 spiro atoms. The van der Waals surface area contributed by atoms with Gasteiger partial charge in [0.05, 0.1) is 9.83 Å². The van der Waals surface area contributed by atoms with Crippen LogP contribution in [-0.2, 0) is 0 Å². The monoisotopic (exact) mass is 407 g/mol. The summed E-state index contributed by atoms with van der Waals surface area (Å²) in [6, 6.07) is 5.89. The third-order valence-electron chi connectivity index (χ3n) is 2.92. The van der Waals surface area contributed by atoms with E-state index in [4.69, 9.17) is 17.3 Å². The van der Waals surface area contributed by atoms with Crippen LogP contribution < -0.4 is 5.73 Å². The third-order valence-corrected chi connectivity index (χ3v) is 6.59. The van der Waals surface area contributed by atoms with E-state index in [0.29, 0.717) is 0 Å². The van der Waals surface area contributed by atoms with Crippen LogP contribution in [0.25, 0.3) is 0 Å². The molecule has 0 aliphatic rings. The average Bonchev–Trinajstić information content (AvgIpc) is 2.63. The van der Waals surface area contributed by atoms with Crippen LogP contribution >= 0.6 is 54.8 Å². The summed E-state index contributed by atoms with van der Waals surface area (Å²) in [5.41, 5.74) is 9.67. The van der Waals surface area contributed by atoms with Crippen LogP contribution in [0.1, 0.15) is 27.6 Å². The zero-order valence-electron chi connectivity index (χ0n) is 9.93. The molecule has 1 nitrogen and oxygen atoms in total. The molecule has 0 saturated heterocycles. The van der Waals surface area contributed by atoms with Gasteiger partial charge in [-0.05, 0) is 74.5 Å². The second kappa shape index (κ2) is 5.63. The summed E-state index contributed by atoms with van der Waals surface area (Å²) in [5, 5.41) is 0.728. The fourth-order valence-electron chi connectivity index (χ4n) is 1.71. The van der Waals surface area contributed by atoms with E-state index < -0.39 is 0 Å². The quantitative estimate of drug-likeness (QED) is 0.687. The van der Waals surface area contributed by atoms with Crippen LogP contribution in [0.3, 0.4) is 0 Å². The molecular formula is C13H12Br2ClNS. The van der Waals surface area contributed by atoms with Crippen molar-refractivity contribution in [2.75, 3.05) is 0 Å². The Hall–Kier alpha value is 0.130. The standard InChI is InChI=1S/C13H12Br2ClNS/c1-6-3-8(10(16)4-7(6)2)12(17)11-5-9(14)13(15)18-11/h3-5,12H,17H2,1-2H3. The van der Waals surface area contributed by atoms with E-state index in [1.54, 1.807) is 11.3 Å². The first-order chi connectivity index (χ1) is 8.40. The maximum absolute atomic E-state index is 6.30. The number of benzene rings is 1. The Morgan fingerprint density at radius 3 is 2.33 bits per heavy atom. The number of halogens is 3. The highest BCUT2D eigenvalue weighted by Gasteiger charge is 2.17. The summed E-state index contributed by atoms with van der Waals surface area (Å²) in [6.45, 7) is 4.12. The van der Waals surface area contributed by atoms with Gasteiger partial charge in [0, 0.05) is 14.4 Å². The molecule has 2 aromatic rings. The molecular weight excluding hydrogens is 397 g/mol. The number of aryl methyl sites for hydroxylation is 2. The van der Waals surface area contributed by atoms with Gasteiger partial charge in [-0.15, -0.1) is 11.3 Å². The third kappa shape index (κ3) is 2.83. The Balaban J connectivity index is 2.45. The van der Waals surface area contributed by atoms with Gasteiger partial charge in [0.1, 0.15) is 0 Å². The Bertz CT molecular complexity index is 575. The molecule has 18 heavy (non-hydrogen) atoms. The van der Waals surface area contributed by atoms with Gasteiger partial charge in [0.2, 0.25) is 0 Å². The second-order valence-electron chi connectivity index (χ2n) is 4.21. The van der Waals surface area contributed by atoms with E-state index in [1.807, 2.05) is 12.1 Å². The van der Waals surface area contributed by atoms with Crippen molar-refractivity contribution < 1.29 is 0 Å². The Morgan fingerprint density at radius 2 is 1.78 bits per heavy atom. The number of thiophene rings is 1. The van der Waals surface area contributed by atoms with Gasteiger partial charge in [-0.1, -0.05) is 17.7 Å². The van der Waals surface area contributed by atoms with Crippen molar-refractivity contribution in [1.82, 2.24) is 0 Å². The first-order valence-electron chi connectivity index (χ1n) is 5.37. The molecule has 0 aliphatic carbocycles. The molecule has 0 aliphatic heterocycles. The van der Waals surface area contributed by atoms with Crippen molar-refractivity contribution >= 4 is 54.8 Å². The summed E-state index contributed by atoms with van der Waals surface area (Å²) in [7, 11) is 0. The summed E-state index contributed by atoms with van der Waals surface area (Å²) in [5.74, 6) is 0. The molecule has 0 fully saturated rings. The van der Waals surface area contributed by atoms with Gasteiger partial charge >= 0.3 is 0 Å². The number of rotatable bonds is 2. The van der Waals surface area contributed by atoms with E-state index in [9.17, 15) is 0 Å². The van der Waals surface area contributed by atoms with Crippen molar-refractivity contribution in [3.63, 3.8) is 0 Å². The lowest BCUT2D eigenvalue weighted by atomic mass is 10.0. The van der Waals surface area contributed by atoms with E-state index in [0.717, 1.165) is 23.7 Å². The van der Waals surface area contributed by atoms with Crippen LogP contribution in [0.15, 0.2) is 26.5 Å². The van der Waals surface area contributed by atoms with Gasteiger partial charge in [-0.25, -0.2) is 0 Å². The molecule has 1 heterocycles. The average molecular weight is 410 g/mol. The molecule has 5 heteroatoms. The predicted molar refractivity (Wildman–Crippen MR) is 86.7 cm³/mol. The lowest BCUT2D eigenvalue weighted by Crippen LogP contribution is -2.11. The molecule has 2 N–H and O–H groups in total. The molecule has 0 bridgehead atoms. The normalized spacial score (nSPS) is 12.8. The van der Waals surface area contributed by atoms with Crippen molar-refractivity contribution in [2.45, 2.75) is 19.9 Å². The van der Waals surface area contributed by atoms with Gasteiger partial charge in [-0.2, -0.15) is 0 Å². The molecule has 2 rings (SSSR count). The van der Waals surface area contributed by atoms with Crippen LogP contribution in [0.4, 0.5) is 0 Å². The highest BCUT2D eigenvalue weighted by Crippen LogP contribution is 2.38. The SMILES string of the molecule is Cc1cc(Cl)c(C(N)c2cc(Br)c(Br)s2)cc1C. The van der Waals surface area contributed by atoms with Crippen molar-refractivity contribution in [3.8, 4) is 0 Å². The number of nitrogens with two attached hydrogens (primary N) is 1. The molecule has 1 unspecified atom stereocenters. The van der Waals surface area contributed by atoms with E-state index in [-0.39, 0.29) is 6.04 Å². The Kier molecular flexibility index (Phi) is 4.55. The predicted octanol–water partition coefficient (Wildman–Crippen LogP) is 5.59. The molecule has 1 aromatic carbocycles. The highest BCUT2D eigenvalue weighted by molar-refractivity contribution is 9.13. The summed E-state index contributed by atoms with van der Waals surface area (Å²) >= 11 is 14.9. The number of hydrogen-bond donors (Lipinski definition) is 1. The van der Waals surface area contributed by atoms with E-state index >= 15 is 0 Å². The van der Waals surface area contributed by atoms with Crippen LogP contribution in [-0.4, -0.2) is 0 Å². The minimum absolute atomic E-state index is 0.190. The van der Waals surface area contributed by atoms with Gasteiger partial charge < -0.3 is 5.73 Å². The maximum atomic E-state index is 6.30. The topological polar surface area (TPSA) is 26.0 Å². The lowest BCUT2D eigenvalue weighted by Gasteiger charge is -2.14. The van der Waals surface area contributed by atoms with Crippen LogP contribution in [0.5, 0.6) is 0 Å². The molecule has 0 amide bonds. The first-order valence-corrected chi connectivity index (χ1v) is 8.15. The maximum Gasteiger partial charge on any atom is 0.0843 e. The van der Waals surface area contributed by atoms with Crippen molar-refractivity contribution in [3.05, 3.63) is 53.0 Å². The first kappa shape index (κ1) is 14.5. The van der Waals surface area contributed by atoms with Crippen molar-refractivity contribution in [2.24, 2.45) is 5.73 Å². The summed E-state index contributed by atoms with van der Waals surface area (Å²) in [4.78, 5) is 1.08. The fraction of sp³-hybridized carbons (Fsp3) is 0.231. The van der Waals surface area contributed by atoms with Crippen LogP contribution in [0, 0.1) is 13.8 Å². The van der Waals surface area contributed by atoms with Crippen molar-refractivity contribution in [1.29, 1.82) is 0 Å².